The van der Waals surface area contributed by atoms with Crippen molar-refractivity contribution in [3.05, 3.63) is 0 Å². The van der Waals surface area contributed by atoms with Crippen LogP contribution in [0.5, 0.6) is 0 Å². The van der Waals surface area contributed by atoms with Gasteiger partial charge in [0.05, 0.1) is 13.2 Å². The molecule has 2 atom stereocenters. The largest absolute Gasteiger partial charge is 0.379 e. The van der Waals surface area contributed by atoms with Crippen LogP contribution in [0.4, 0.5) is 0 Å². The topological polar surface area (TPSA) is 53.6 Å². The molecule has 1 saturated heterocycles. The lowest BCUT2D eigenvalue weighted by Gasteiger charge is -2.29. The average molecular weight is 257 g/mol. The van der Waals surface area contributed by atoms with Crippen molar-refractivity contribution in [1.29, 1.82) is 0 Å². The Hall–Kier alpha value is -0.650. The third kappa shape index (κ3) is 6.33. The predicted molar refractivity (Wildman–Crippen MR) is 72.6 cm³/mol. The zero-order valence-electron chi connectivity index (χ0n) is 11.9. The summed E-state index contributed by atoms with van der Waals surface area (Å²) in [6, 6.07) is 0.440. The summed E-state index contributed by atoms with van der Waals surface area (Å²) in [6.45, 7) is 11.5. The van der Waals surface area contributed by atoms with Crippen LogP contribution in [0.2, 0.25) is 0 Å². The quantitative estimate of drug-likeness (QED) is 0.685. The van der Waals surface area contributed by atoms with Gasteiger partial charge in [-0.05, 0) is 20.4 Å². The number of nitrogens with zero attached hydrogens (tertiary/aromatic N) is 1. The first-order valence-corrected chi connectivity index (χ1v) is 6.94. The molecule has 1 rings (SSSR count). The Balaban J connectivity index is 2.17. The van der Waals surface area contributed by atoms with Gasteiger partial charge in [0.15, 0.2) is 0 Å². The molecule has 5 heteroatoms. The molecule has 2 N–H and O–H groups in total. The van der Waals surface area contributed by atoms with Crippen molar-refractivity contribution in [3.8, 4) is 0 Å². The van der Waals surface area contributed by atoms with Gasteiger partial charge >= 0.3 is 0 Å². The maximum absolute atomic E-state index is 11.8. The van der Waals surface area contributed by atoms with Gasteiger partial charge in [0.25, 0.3) is 0 Å². The van der Waals surface area contributed by atoms with E-state index in [0.717, 1.165) is 39.4 Å². The minimum absolute atomic E-state index is 0.129. The second-order valence-electron chi connectivity index (χ2n) is 5.04. The van der Waals surface area contributed by atoms with Crippen LogP contribution < -0.4 is 10.6 Å². The number of morpholine rings is 1. The first-order chi connectivity index (χ1) is 8.61. The van der Waals surface area contributed by atoms with Crippen LogP contribution in [0, 0.1) is 0 Å². The fraction of sp³-hybridized carbons (Fsp3) is 0.923. The van der Waals surface area contributed by atoms with E-state index in [0.29, 0.717) is 6.42 Å². The summed E-state index contributed by atoms with van der Waals surface area (Å²) in [6.07, 6.45) is 0.543. The minimum Gasteiger partial charge on any atom is -0.379 e. The maximum Gasteiger partial charge on any atom is 0.221 e. The summed E-state index contributed by atoms with van der Waals surface area (Å²) in [5.41, 5.74) is 0. The van der Waals surface area contributed by atoms with Gasteiger partial charge in [-0.3, -0.25) is 9.69 Å². The number of ether oxygens (including phenoxy) is 1. The van der Waals surface area contributed by atoms with E-state index in [-0.39, 0.29) is 18.0 Å². The first kappa shape index (κ1) is 15.4. The number of hydrogen-bond donors (Lipinski definition) is 2. The van der Waals surface area contributed by atoms with Crippen molar-refractivity contribution in [1.82, 2.24) is 15.5 Å². The Labute approximate surface area is 110 Å². The molecule has 0 spiro atoms. The van der Waals surface area contributed by atoms with Gasteiger partial charge in [0.2, 0.25) is 5.91 Å². The molecule has 0 radical (unpaired) electrons. The summed E-state index contributed by atoms with van der Waals surface area (Å²) >= 11 is 0. The summed E-state index contributed by atoms with van der Waals surface area (Å²) in [5.74, 6) is 0.129. The van der Waals surface area contributed by atoms with Crippen LogP contribution in [0.15, 0.2) is 0 Å². The van der Waals surface area contributed by atoms with E-state index < -0.39 is 0 Å². The number of rotatable bonds is 7. The standard InChI is InChI=1S/C13H27N3O2/c1-4-14-11(2)9-13(17)15-12(3)10-16-5-7-18-8-6-16/h11-12,14H,4-10H2,1-3H3,(H,15,17). The van der Waals surface area contributed by atoms with Gasteiger partial charge in [-0.15, -0.1) is 0 Å². The maximum atomic E-state index is 11.8. The Bertz CT molecular complexity index is 242. The van der Waals surface area contributed by atoms with Crippen molar-refractivity contribution in [2.75, 3.05) is 39.4 Å². The molecule has 1 aliphatic rings. The highest BCUT2D eigenvalue weighted by molar-refractivity contribution is 5.76. The lowest BCUT2D eigenvalue weighted by atomic mass is 10.2. The summed E-state index contributed by atoms with van der Waals surface area (Å²) in [4.78, 5) is 14.1. The monoisotopic (exact) mass is 257 g/mol. The molecule has 2 unspecified atom stereocenters. The van der Waals surface area contributed by atoms with Gasteiger partial charge in [-0.2, -0.15) is 0 Å². The van der Waals surface area contributed by atoms with E-state index in [2.05, 4.69) is 29.4 Å². The Morgan fingerprint density at radius 2 is 1.94 bits per heavy atom. The van der Waals surface area contributed by atoms with Crippen LogP contribution >= 0.6 is 0 Å². The molecule has 18 heavy (non-hydrogen) atoms. The molecular formula is C13H27N3O2. The van der Waals surface area contributed by atoms with Crippen molar-refractivity contribution in [2.45, 2.75) is 39.3 Å². The van der Waals surface area contributed by atoms with Gasteiger partial charge in [0, 0.05) is 38.1 Å². The van der Waals surface area contributed by atoms with Crippen molar-refractivity contribution >= 4 is 5.91 Å². The van der Waals surface area contributed by atoms with Crippen LogP contribution in [0.25, 0.3) is 0 Å². The molecule has 1 amide bonds. The third-order valence-corrected chi connectivity index (χ3v) is 3.09. The zero-order valence-corrected chi connectivity index (χ0v) is 11.9. The fourth-order valence-electron chi connectivity index (χ4n) is 2.25. The normalized spacial score (nSPS) is 20.4. The second-order valence-corrected chi connectivity index (χ2v) is 5.04. The molecule has 1 heterocycles. The molecule has 0 bridgehead atoms. The Kier molecular flexibility index (Phi) is 7.23. The lowest BCUT2D eigenvalue weighted by Crippen LogP contribution is -2.46. The molecule has 0 aromatic carbocycles. The molecule has 1 fully saturated rings. The van der Waals surface area contributed by atoms with E-state index in [1.54, 1.807) is 0 Å². The second kappa shape index (κ2) is 8.45. The van der Waals surface area contributed by atoms with Crippen LogP contribution in [0.3, 0.4) is 0 Å². The highest BCUT2D eigenvalue weighted by Crippen LogP contribution is 1.99. The number of carbonyl (C=O) groups is 1. The molecule has 5 nitrogen and oxygen atoms in total. The van der Waals surface area contributed by atoms with E-state index in [9.17, 15) is 4.79 Å². The van der Waals surface area contributed by atoms with Crippen molar-refractivity contribution < 1.29 is 9.53 Å². The number of nitrogens with one attached hydrogen (secondary N) is 2. The van der Waals surface area contributed by atoms with Gasteiger partial charge < -0.3 is 15.4 Å². The first-order valence-electron chi connectivity index (χ1n) is 6.94. The third-order valence-electron chi connectivity index (χ3n) is 3.09. The Morgan fingerprint density at radius 3 is 2.56 bits per heavy atom. The summed E-state index contributed by atoms with van der Waals surface area (Å²) in [5, 5.41) is 6.30. The minimum atomic E-state index is 0.129. The number of carbonyl (C=O) groups excluding carboxylic acids is 1. The van der Waals surface area contributed by atoms with E-state index in [4.69, 9.17) is 4.74 Å². The van der Waals surface area contributed by atoms with Crippen LogP contribution in [0.1, 0.15) is 27.2 Å². The highest BCUT2D eigenvalue weighted by Gasteiger charge is 2.16. The number of amides is 1. The number of hydrogen-bond acceptors (Lipinski definition) is 4. The molecule has 0 aromatic rings. The molecule has 106 valence electrons. The summed E-state index contributed by atoms with van der Waals surface area (Å²) in [7, 11) is 0. The smallest absolute Gasteiger partial charge is 0.221 e. The zero-order chi connectivity index (χ0) is 13.4. The molecule has 0 aromatic heterocycles. The highest BCUT2D eigenvalue weighted by atomic mass is 16.5. The van der Waals surface area contributed by atoms with Crippen LogP contribution in [-0.4, -0.2) is 62.3 Å². The lowest BCUT2D eigenvalue weighted by molar-refractivity contribution is -0.122. The summed E-state index contributed by atoms with van der Waals surface area (Å²) < 4.78 is 5.30. The molecule has 0 aliphatic carbocycles. The van der Waals surface area contributed by atoms with Gasteiger partial charge in [-0.25, -0.2) is 0 Å². The predicted octanol–water partition coefficient (Wildman–Crippen LogP) is 0.211. The fourth-order valence-corrected chi connectivity index (χ4v) is 2.25. The van der Waals surface area contributed by atoms with E-state index in [1.165, 1.54) is 0 Å². The molecular weight excluding hydrogens is 230 g/mol. The van der Waals surface area contributed by atoms with Crippen molar-refractivity contribution in [3.63, 3.8) is 0 Å². The SMILES string of the molecule is CCNC(C)CC(=O)NC(C)CN1CCOCC1. The molecule has 0 saturated carbocycles. The van der Waals surface area contributed by atoms with Gasteiger partial charge in [0.1, 0.15) is 0 Å². The van der Waals surface area contributed by atoms with Crippen LogP contribution in [-0.2, 0) is 9.53 Å². The average Bonchev–Trinajstić information content (AvgIpc) is 2.29. The molecule has 1 aliphatic heterocycles. The van der Waals surface area contributed by atoms with Crippen molar-refractivity contribution in [2.24, 2.45) is 0 Å². The van der Waals surface area contributed by atoms with E-state index >= 15 is 0 Å². The Morgan fingerprint density at radius 1 is 1.28 bits per heavy atom. The van der Waals surface area contributed by atoms with E-state index in [1.807, 2.05) is 6.92 Å². The van der Waals surface area contributed by atoms with Gasteiger partial charge in [-0.1, -0.05) is 6.92 Å².